The number of rotatable bonds is 8. The Labute approximate surface area is 118 Å². The first-order chi connectivity index (χ1) is 8.99. The van der Waals surface area contributed by atoms with Gasteiger partial charge in [0.15, 0.2) is 0 Å². The molecule has 1 unspecified atom stereocenters. The van der Waals surface area contributed by atoms with Crippen LogP contribution in [-0.2, 0) is 11.2 Å². The van der Waals surface area contributed by atoms with Gasteiger partial charge in [-0.2, -0.15) is 0 Å². The van der Waals surface area contributed by atoms with Gasteiger partial charge in [0, 0.05) is 19.3 Å². The first kappa shape index (κ1) is 16.2. The average Bonchev–Trinajstić information content (AvgIpc) is 2.33. The van der Waals surface area contributed by atoms with Crippen LogP contribution in [0.4, 0.5) is 0 Å². The van der Waals surface area contributed by atoms with Crippen LogP contribution in [0, 0.1) is 19.8 Å². The third-order valence-corrected chi connectivity index (χ3v) is 3.54. The summed E-state index contributed by atoms with van der Waals surface area (Å²) in [6.45, 7) is 10.4. The molecule has 1 aromatic carbocycles. The molecule has 2 nitrogen and oxygen atoms in total. The first-order valence-electron chi connectivity index (χ1n) is 7.38. The van der Waals surface area contributed by atoms with Gasteiger partial charge in [-0.05, 0) is 55.7 Å². The maximum atomic E-state index is 6.16. The molecule has 0 aliphatic heterocycles. The minimum absolute atomic E-state index is 0.196. The normalized spacial score (nSPS) is 12.9. The zero-order valence-corrected chi connectivity index (χ0v) is 12.9. The van der Waals surface area contributed by atoms with Gasteiger partial charge in [-0.1, -0.05) is 32.0 Å². The van der Waals surface area contributed by atoms with E-state index in [2.05, 4.69) is 45.9 Å². The standard InChI is InChI=1S/C17H29NO/c1-13(2)7-9-19-10-8-17(18)12-16-6-5-14(3)15(4)11-16/h5-6,11,13,17H,7-10,12,18H2,1-4H3. The van der Waals surface area contributed by atoms with Crippen LogP contribution in [0.2, 0.25) is 0 Å². The first-order valence-corrected chi connectivity index (χ1v) is 7.38. The second-order valence-electron chi connectivity index (χ2n) is 5.97. The number of benzene rings is 1. The van der Waals surface area contributed by atoms with Crippen molar-refractivity contribution in [1.29, 1.82) is 0 Å². The number of nitrogens with two attached hydrogens (primary N) is 1. The van der Waals surface area contributed by atoms with Crippen LogP contribution in [0.15, 0.2) is 18.2 Å². The molecule has 108 valence electrons. The molecular weight excluding hydrogens is 234 g/mol. The Morgan fingerprint density at radius 2 is 1.74 bits per heavy atom. The number of hydrogen-bond acceptors (Lipinski definition) is 2. The van der Waals surface area contributed by atoms with E-state index in [1.54, 1.807) is 0 Å². The molecule has 0 saturated heterocycles. The average molecular weight is 263 g/mol. The molecule has 1 rings (SSSR count). The summed E-state index contributed by atoms with van der Waals surface area (Å²) in [5, 5.41) is 0. The monoisotopic (exact) mass is 263 g/mol. The van der Waals surface area contributed by atoms with Gasteiger partial charge < -0.3 is 10.5 Å². The van der Waals surface area contributed by atoms with E-state index in [0.29, 0.717) is 5.92 Å². The van der Waals surface area contributed by atoms with E-state index in [1.165, 1.54) is 16.7 Å². The second kappa shape index (κ2) is 8.34. The molecule has 0 fully saturated rings. The lowest BCUT2D eigenvalue weighted by Crippen LogP contribution is -2.24. The van der Waals surface area contributed by atoms with E-state index < -0.39 is 0 Å². The van der Waals surface area contributed by atoms with E-state index in [0.717, 1.165) is 32.5 Å². The van der Waals surface area contributed by atoms with Crippen molar-refractivity contribution in [3.05, 3.63) is 34.9 Å². The van der Waals surface area contributed by atoms with Crippen LogP contribution in [-0.4, -0.2) is 19.3 Å². The fourth-order valence-corrected chi connectivity index (χ4v) is 1.99. The SMILES string of the molecule is Cc1ccc(CC(N)CCOCCC(C)C)cc1C. The third-order valence-electron chi connectivity index (χ3n) is 3.54. The van der Waals surface area contributed by atoms with Crippen molar-refractivity contribution < 1.29 is 4.74 Å². The molecule has 0 bridgehead atoms. The summed E-state index contributed by atoms with van der Waals surface area (Å²) in [5.41, 5.74) is 10.2. The van der Waals surface area contributed by atoms with E-state index in [-0.39, 0.29) is 6.04 Å². The quantitative estimate of drug-likeness (QED) is 0.727. The Balaban J connectivity index is 2.23. The minimum Gasteiger partial charge on any atom is -0.381 e. The molecule has 0 aliphatic carbocycles. The lowest BCUT2D eigenvalue weighted by atomic mass is 10.00. The van der Waals surface area contributed by atoms with Gasteiger partial charge in [0.1, 0.15) is 0 Å². The molecule has 0 aromatic heterocycles. The number of ether oxygens (including phenoxy) is 1. The maximum Gasteiger partial charge on any atom is 0.0480 e. The summed E-state index contributed by atoms with van der Waals surface area (Å²) in [5.74, 6) is 0.712. The molecule has 0 heterocycles. The zero-order valence-electron chi connectivity index (χ0n) is 12.9. The number of hydrogen-bond donors (Lipinski definition) is 1. The summed E-state index contributed by atoms with van der Waals surface area (Å²) in [6.07, 6.45) is 3.01. The highest BCUT2D eigenvalue weighted by Gasteiger charge is 2.05. The largest absolute Gasteiger partial charge is 0.381 e. The van der Waals surface area contributed by atoms with Gasteiger partial charge in [-0.15, -0.1) is 0 Å². The Morgan fingerprint density at radius 1 is 1.05 bits per heavy atom. The van der Waals surface area contributed by atoms with Gasteiger partial charge >= 0.3 is 0 Å². The molecule has 0 amide bonds. The highest BCUT2D eigenvalue weighted by molar-refractivity contribution is 5.30. The topological polar surface area (TPSA) is 35.2 Å². The van der Waals surface area contributed by atoms with E-state index >= 15 is 0 Å². The zero-order chi connectivity index (χ0) is 14.3. The molecule has 0 saturated carbocycles. The van der Waals surface area contributed by atoms with Gasteiger partial charge in [0.2, 0.25) is 0 Å². The molecule has 0 spiro atoms. The van der Waals surface area contributed by atoms with Gasteiger partial charge in [-0.3, -0.25) is 0 Å². The van der Waals surface area contributed by atoms with Crippen LogP contribution >= 0.6 is 0 Å². The van der Waals surface area contributed by atoms with Crippen molar-refractivity contribution in [3.8, 4) is 0 Å². The van der Waals surface area contributed by atoms with Crippen molar-refractivity contribution in [1.82, 2.24) is 0 Å². The molecule has 2 heteroatoms. The Hall–Kier alpha value is -0.860. The van der Waals surface area contributed by atoms with Crippen molar-refractivity contribution in [3.63, 3.8) is 0 Å². The molecule has 19 heavy (non-hydrogen) atoms. The Morgan fingerprint density at radius 3 is 2.37 bits per heavy atom. The summed E-state index contributed by atoms with van der Waals surface area (Å²) < 4.78 is 5.62. The Kier molecular flexibility index (Phi) is 7.11. The van der Waals surface area contributed by atoms with Crippen LogP contribution in [0.1, 0.15) is 43.4 Å². The number of aryl methyl sites for hydroxylation is 2. The van der Waals surface area contributed by atoms with E-state index in [1.807, 2.05) is 0 Å². The van der Waals surface area contributed by atoms with E-state index in [9.17, 15) is 0 Å². The predicted octanol–water partition coefficient (Wildman–Crippen LogP) is 3.63. The highest BCUT2D eigenvalue weighted by atomic mass is 16.5. The third kappa shape index (κ3) is 6.74. The molecule has 2 N–H and O–H groups in total. The van der Waals surface area contributed by atoms with Gasteiger partial charge in [0.25, 0.3) is 0 Å². The summed E-state index contributed by atoms with van der Waals surface area (Å²) in [4.78, 5) is 0. The van der Waals surface area contributed by atoms with Crippen LogP contribution < -0.4 is 5.73 Å². The predicted molar refractivity (Wildman–Crippen MR) is 82.5 cm³/mol. The summed E-state index contributed by atoms with van der Waals surface area (Å²) >= 11 is 0. The molecule has 0 radical (unpaired) electrons. The van der Waals surface area contributed by atoms with E-state index in [4.69, 9.17) is 10.5 Å². The lowest BCUT2D eigenvalue weighted by molar-refractivity contribution is 0.117. The highest BCUT2D eigenvalue weighted by Crippen LogP contribution is 2.12. The van der Waals surface area contributed by atoms with Crippen LogP contribution in [0.25, 0.3) is 0 Å². The van der Waals surface area contributed by atoms with Crippen molar-refractivity contribution >= 4 is 0 Å². The van der Waals surface area contributed by atoms with Gasteiger partial charge in [0.05, 0.1) is 0 Å². The van der Waals surface area contributed by atoms with Gasteiger partial charge in [-0.25, -0.2) is 0 Å². The smallest absolute Gasteiger partial charge is 0.0480 e. The van der Waals surface area contributed by atoms with Crippen LogP contribution in [0.3, 0.4) is 0 Å². The second-order valence-corrected chi connectivity index (χ2v) is 5.97. The molecule has 1 atom stereocenters. The molecule has 1 aromatic rings. The Bertz CT molecular complexity index is 374. The molecule has 0 aliphatic rings. The van der Waals surface area contributed by atoms with Crippen molar-refractivity contribution in [2.75, 3.05) is 13.2 Å². The molecular formula is C17H29NO. The summed E-state index contributed by atoms with van der Waals surface area (Å²) in [6, 6.07) is 6.80. The lowest BCUT2D eigenvalue weighted by Gasteiger charge is -2.13. The fourth-order valence-electron chi connectivity index (χ4n) is 1.99. The maximum absolute atomic E-state index is 6.16. The van der Waals surface area contributed by atoms with Crippen LogP contribution in [0.5, 0.6) is 0 Å². The van der Waals surface area contributed by atoms with Crippen molar-refractivity contribution in [2.24, 2.45) is 11.7 Å². The van der Waals surface area contributed by atoms with Crippen molar-refractivity contribution in [2.45, 2.75) is 53.0 Å². The fraction of sp³-hybridized carbons (Fsp3) is 0.647. The minimum atomic E-state index is 0.196. The summed E-state index contributed by atoms with van der Waals surface area (Å²) in [7, 11) is 0.